The molecular formula is C15H15ClN2O3. The van der Waals surface area contributed by atoms with Crippen molar-refractivity contribution < 1.29 is 9.66 Å². The molecule has 2 aromatic rings. The maximum Gasteiger partial charge on any atom is 0.273 e. The summed E-state index contributed by atoms with van der Waals surface area (Å²) in [7, 11) is 1.58. The Kier molecular flexibility index (Phi) is 5.14. The highest BCUT2D eigenvalue weighted by Crippen LogP contribution is 2.26. The summed E-state index contributed by atoms with van der Waals surface area (Å²) in [5.41, 5.74) is 1.57. The Bertz CT molecular complexity index is 647. The largest absolute Gasteiger partial charge is 0.496 e. The lowest BCUT2D eigenvalue weighted by molar-refractivity contribution is -0.385. The highest BCUT2D eigenvalue weighted by atomic mass is 35.5. The number of ether oxygens (including phenoxy) is 1. The van der Waals surface area contributed by atoms with Gasteiger partial charge in [-0.15, -0.1) is 0 Å². The van der Waals surface area contributed by atoms with Crippen LogP contribution in [0, 0.1) is 10.1 Å². The number of nitrogens with one attached hydrogen (secondary N) is 1. The third-order valence-electron chi connectivity index (χ3n) is 3.10. The summed E-state index contributed by atoms with van der Waals surface area (Å²) in [6, 6.07) is 12.1. The molecule has 0 bridgehead atoms. The average molecular weight is 307 g/mol. The fourth-order valence-corrected chi connectivity index (χ4v) is 2.29. The van der Waals surface area contributed by atoms with Crippen molar-refractivity contribution in [1.29, 1.82) is 0 Å². The van der Waals surface area contributed by atoms with Crippen LogP contribution < -0.4 is 10.1 Å². The molecule has 2 rings (SSSR count). The first-order valence-corrected chi connectivity index (χ1v) is 6.75. The Morgan fingerprint density at radius 1 is 1.19 bits per heavy atom. The maximum atomic E-state index is 10.9. The van der Waals surface area contributed by atoms with Crippen molar-refractivity contribution in [2.24, 2.45) is 0 Å². The first-order valence-electron chi connectivity index (χ1n) is 6.38. The lowest BCUT2D eigenvalue weighted by Crippen LogP contribution is -2.14. The molecule has 0 amide bonds. The van der Waals surface area contributed by atoms with Gasteiger partial charge in [-0.1, -0.05) is 35.9 Å². The van der Waals surface area contributed by atoms with Crippen LogP contribution >= 0.6 is 11.6 Å². The molecule has 0 saturated heterocycles. The van der Waals surface area contributed by atoms with E-state index in [0.717, 1.165) is 5.56 Å². The van der Waals surface area contributed by atoms with Gasteiger partial charge in [-0.3, -0.25) is 10.1 Å². The number of nitro benzene ring substituents is 1. The number of hydrogen-bond acceptors (Lipinski definition) is 4. The Labute approximate surface area is 127 Å². The zero-order chi connectivity index (χ0) is 15.2. The van der Waals surface area contributed by atoms with Crippen molar-refractivity contribution in [3.63, 3.8) is 0 Å². The van der Waals surface area contributed by atoms with Gasteiger partial charge >= 0.3 is 0 Å². The normalized spacial score (nSPS) is 10.4. The van der Waals surface area contributed by atoms with E-state index in [1.807, 2.05) is 12.1 Å². The number of benzene rings is 2. The predicted octanol–water partition coefficient (Wildman–Crippen LogP) is 3.55. The summed E-state index contributed by atoms with van der Waals surface area (Å²) in [5.74, 6) is 0.692. The van der Waals surface area contributed by atoms with Gasteiger partial charge in [0.1, 0.15) is 5.75 Å². The molecule has 0 unspecified atom stereocenters. The summed E-state index contributed by atoms with van der Waals surface area (Å²) >= 11 is 6.14. The molecule has 1 N–H and O–H groups in total. The molecule has 2 aromatic carbocycles. The molecular weight excluding hydrogens is 292 g/mol. The van der Waals surface area contributed by atoms with Gasteiger partial charge in [0, 0.05) is 35.3 Å². The molecule has 0 atom stereocenters. The zero-order valence-corrected chi connectivity index (χ0v) is 12.3. The second-order valence-corrected chi connectivity index (χ2v) is 4.82. The van der Waals surface area contributed by atoms with Crippen LogP contribution in [0.25, 0.3) is 0 Å². The van der Waals surface area contributed by atoms with Gasteiger partial charge in [0.05, 0.1) is 12.0 Å². The second kappa shape index (κ2) is 7.06. The Morgan fingerprint density at radius 3 is 2.67 bits per heavy atom. The third kappa shape index (κ3) is 3.71. The van der Waals surface area contributed by atoms with Crippen LogP contribution in [0.15, 0.2) is 42.5 Å². The van der Waals surface area contributed by atoms with Gasteiger partial charge in [0.15, 0.2) is 0 Å². The topological polar surface area (TPSA) is 64.4 Å². The van der Waals surface area contributed by atoms with Crippen LogP contribution in [-0.4, -0.2) is 12.0 Å². The number of hydrogen-bond donors (Lipinski definition) is 1. The number of nitrogens with zero attached hydrogens (tertiary/aromatic N) is 1. The summed E-state index contributed by atoms with van der Waals surface area (Å²) in [6.45, 7) is 0.848. The Balaban J connectivity index is 2.07. The molecule has 0 aliphatic rings. The smallest absolute Gasteiger partial charge is 0.273 e. The monoisotopic (exact) mass is 306 g/mol. The SMILES string of the molecule is COc1cccc(Cl)c1CNCc1ccccc1[N+](=O)[O-]. The molecule has 21 heavy (non-hydrogen) atoms. The van der Waals surface area contributed by atoms with Crippen LogP contribution in [0.4, 0.5) is 5.69 Å². The second-order valence-electron chi connectivity index (χ2n) is 4.41. The molecule has 0 aliphatic carbocycles. The summed E-state index contributed by atoms with van der Waals surface area (Å²) < 4.78 is 5.26. The molecule has 6 heteroatoms. The van der Waals surface area contributed by atoms with Crippen molar-refractivity contribution in [3.05, 3.63) is 68.7 Å². The fourth-order valence-electron chi connectivity index (χ4n) is 2.06. The van der Waals surface area contributed by atoms with Gasteiger partial charge in [0.2, 0.25) is 0 Å². The van der Waals surface area contributed by atoms with Crippen LogP contribution in [0.5, 0.6) is 5.75 Å². The predicted molar refractivity (Wildman–Crippen MR) is 81.6 cm³/mol. The van der Waals surface area contributed by atoms with Gasteiger partial charge in [-0.05, 0) is 12.1 Å². The summed E-state index contributed by atoms with van der Waals surface area (Å²) in [5, 5.41) is 14.7. The van der Waals surface area contributed by atoms with Crippen molar-refractivity contribution in [2.75, 3.05) is 7.11 Å². The minimum Gasteiger partial charge on any atom is -0.496 e. The fraction of sp³-hybridized carbons (Fsp3) is 0.200. The van der Waals surface area contributed by atoms with Crippen LogP contribution in [-0.2, 0) is 13.1 Å². The first kappa shape index (κ1) is 15.3. The van der Waals surface area contributed by atoms with E-state index < -0.39 is 0 Å². The zero-order valence-electron chi connectivity index (χ0n) is 11.5. The van der Waals surface area contributed by atoms with E-state index >= 15 is 0 Å². The molecule has 0 saturated carbocycles. The highest BCUT2D eigenvalue weighted by Gasteiger charge is 2.12. The quantitative estimate of drug-likeness (QED) is 0.655. The van der Waals surface area contributed by atoms with E-state index in [-0.39, 0.29) is 10.6 Å². The van der Waals surface area contributed by atoms with E-state index in [0.29, 0.717) is 29.4 Å². The van der Waals surface area contributed by atoms with Gasteiger partial charge in [0.25, 0.3) is 5.69 Å². The van der Waals surface area contributed by atoms with E-state index in [1.54, 1.807) is 31.4 Å². The molecule has 0 aliphatic heterocycles. The Hall–Kier alpha value is -2.11. The van der Waals surface area contributed by atoms with Crippen molar-refractivity contribution in [3.8, 4) is 5.75 Å². The number of methoxy groups -OCH3 is 1. The van der Waals surface area contributed by atoms with Crippen LogP contribution in [0.3, 0.4) is 0 Å². The van der Waals surface area contributed by atoms with Crippen LogP contribution in [0.2, 0.25) is 5.02 Å². The number of halogens is 1. The summed E-state index contributed by atoms with van der Waals surface area (Å²) in [4.78, 5) is 10.6. The Morgan fingerprint density at radius 2 is 1.95 bits per heavy atom. The average Bonchev–Trinajstić information content (AvgIpc) is 2.49. The van der Waals surface area contributed by atoms with Crippen molar-refractivity contribution in [1.82, 2.24) is 5.32 Å². The minimum atomic E-state index is -0.382. The van der Waals surface area contributed by atoms with Crippen LogP contribution in [0.1, 0.15) is 11.1 Å². The standard InChI is InChI=1S/C15H15ClN2O3/c1-21-15-8-4-6-13(16)12(15)10-17-9-11-5-2-3-7-14(11)18(19)20/h2-8,17H,9-10H2,1H3. The lowest BCUT2D eigenvalue weighted by Gasteiger charge is -2.11. The third-order valence-corrected chi connectivity index (χ3v) is 3.46. The molecule has 0 radical (unpaired) electrons. The number of para-hydroxylation sites is 1. The first-order chi connectivity index (χ1) is 10.1. The number of nitro groups is 1. The molecule has 0 fully saturated rings. The molecule has 110 valence electrons. The maximum absolute atomic E-state index is 10.9. The molecule has 0 aromatic heterocycles. The van der Waals surface area contributed by atoms with Crippen molar-refractivity contribution in [2.45, 2.75) is 13.1 Å². The van der Waals surface area contributed by atoms with E-state index in [4.69, 9.17) is 16.3 Å². The van der Waals surface area contributed by atoms with Gasteiger partial charge < -0.3 is 10.1 Å². The number of rotatable bonds is 6. The van der Waals surface area contributed by atoms with Gasteiger partial charge in [-0.25, -0.2) is 0 Å². The molecule has 5 nitrogen and oxygen atoms in total. The minimum absolute atomic E-state index is 0.108. The van der Waals surface area contributed by atoms with Gasteiger partial charge in [-0.2, -0.15) is 0 Å². The summed E-state index contributed by atoms with van der Waals surface area (Å²) in [6.07, 6.45) is 0. The molecule has 0 heterocycles. The lowest BCUT2D eigenvalue weighted by atomic mass is 10.1. The highest BCUT2D eigenvalue weighted by molar-refractivity contribution is 6.31. The van der Waals surface area contributed by atoms with Crippen molar-refractivity contribution >= 4 is 17.3 Å². The van der Waals surface area contributed by atoms with E-state index in [1.165, 1.54) is 6.07 Å². The van der Waals surface area contributed by atoms with E-state index in [2.05, 4.69) is 5.32 Å². The van der Waals surface area contributed by atoms with E-state index in [9.17, 15) is 10.1 Å². The molecule has 0 spiro atoms.